The molecule has 0 saturated heterocycles. The smallest absolute Gasteiger partial charge is 0.186 e. The molecule has 0 spiro atoms. The highest BCUT2D eigenvalue weighted by Crippen LogP contribution is 2.23. The first-order valence-electron chi connectivity index (χ1n) is 8.15. The van der Waals surface area contributed by atoms with Gasteiger partial charge < -0.3 is 0 Å². The molecule has 1 aromatic carbocycles. The Morgan fingerprint density at radius 3 is 2.48 bits per heavy atom. The van der Waals surface area contributed by atoms with Crippen LogP contribution in [0, 0.1) is 25.2 Å². The van der Waals surface area contributed by atoms with Gasteiger partial charge in [0, 0.05) is 29.9 Å². The Morgan fingerprint density at radius 2 is 1.92 bits per heavy atom. The van der Waals surface area contributed by atoms with Crippen molar-refractivity contribution in [2.45, 2.75) is 33.1 Å². The van der Waals surface area contributed by atoms with E-state index >= 15 is 0 Å². The van der Waals surface area contributed by atoms with E-state index in [0.29, 0.717) is 17.1 Å². The van der Waals surface area contributed by atoms with Crippen molar-refractivity contribution in [3.63, 3.8) is 0 Å². The number of benzene rings is 1. The number of anilines is 1. The molecule has 0 aliphatic carbocycles. The second-order valence-corrected chi connectivity index (χ2v) is 6.16. The van der Waals surface area contributed by atoms with Gasteiger partial charge in [-0.05, 0) is 51.1 Å². The molecule has 126 valence electrons. The highest BCUT2D eigenvalue weighted by molar-refractivity contribution is 6.02. The number of aryl methyl sites for hydroxylation is 2. The number of carbonyl (C=O) groups is 1. The average Bonchev–Trinajstić information content (AvgIpc) is 3.01. The Bertz CT molecular complexity index is 859. The summed E-state index contributed by atoms with van der Waals surface area (Å²) in [5.41, 5.74) is 3.72. The van der Waals surface area contributed by atoms with Crippen LogP contribution < -0.4 is 5.01 Å². The van der Waals surface area contributed by atoms with Crippen molar-refractivity contribution in [2.24, 2.45) is 5.10 Å². The number of ketones is 1. The standard InChI is InChI=1S/C19H19N5O/c1-12-8-9-24(23-12)16-6-4-15(5-7-16)19(25)17(11-20)18-10-13(2)21-14(3)22-18/h4-7,10,17H,8-9H2,1-3H3. The summed E-state index contributed by atoms with van der Waals surface area (Å²) in [4.78, 5) is 21.2. The van der Waals surface area contributed by atoms with Crippen molar-refractivity contribution >= 4 is 17.2 Å². The van der Waals surface area contributed by atoms with Gasteiger partial charge in [0.05, 0.1) is 17.5 Å². The van der Waals surface area contributed by atoms with E-state index in [-0.39, 0.29) is 5.78 Å². The molecule has 0 bridgehead atoms. The van der Waals surface area contributed by atoms with Gasteiger partial charge in [-0.3, -0.25) is 9.80 Å². The molecule has 1 aliphatic rings. The van der Waals surface area contributed by atoms with Crippen molar-refractivity contribution in [3.8, 4) is 6.07 Å². The van der Waals surface area contributed by atoms with Gasteiger partial charge in [-0.15, -0.1) is 0 Å². The van der Waals surface area contributed by atoms with Crippen LogP contribution in [0.4, 0.5) is 5.69 Å². The first-order chi connectivity index (χ1) is 12.0. The summed E-state index contributed by atoms with van der Waals surface area (Å²) in [5.74, 6) is -0.633. The summed E-state index contributed by atoms with van der Waals surface area (Å²) in [7, 11) is 0. The highest BCUT2D eigenvalue weighted by atomic mass is 16.1. The Morgan fingerprint density at radius 1 is 1.20 bits per heavy atom. The van der Waals surface area contributed by atoms with Crippen LogP contribution in [0.3, 0.4) is 0 Å². The molecule has 1 aliphatic heterocycles. The maximum atomic E-state index is 12.8. The van der Waals surface area contributed by atoms with Gasteiger partial charge in [0.1, 0.15) is 5.82 Å². The van der Waals surface area contributed by atoms with E-state index in [4.69, 9.17) is 0 Å². The van der Waals surface area contributed by atoms with Crippen LogP contribution in [0.15, 0.2) is 35.4 Å². The third kappa shape index (κ3) is 3.56. The highest BCUT2D eigenvalue weighted by Gasteiger charge is 2.24. The van der Waals surface area contributed by atoms with Crippen LogP contribution in [-0.2, 0) is 0 Å². The largest absolute Gasteiger partial charge is 0.292 e. The zero-order valence-electron chi connectivity index (χ0n) is 14.5. The van der Waals surface area contributed by atoms with E-state index in [9.17, 15) is 10.1 Å². The number of nitrogens with zero attached hydrogens (tertiary/aromatic N) is 5. The van der Waals surface area contributed by atoms with Crippen LogP contribution >= 0.6 is 0 Å². The minimum atomic E-state index is -0.932. The van der Waals surface area contributed by atoms with E-state index in [1.807, 2.05) is 31.0 Å². The lowest BCUT2D eigenvalue weighted by atomic mass is 9.95. The number of rotatable bonds is 4. The second-order valence-electron chi connectivity index (χ2n) is 6.16. The van der Waals surface area contributed by atoms with E-state index in [1.54, 1.807) is 25.1 Å². The Labute approximate surface area is 146 Å². The van der Waals surface area contributed by atoms with Crippen LogP contribution in [0.25, 0.3) is 0 Å². The number of hydrogen-bond acceptors (Lipinski definition) is 6. The van der Waals surface area contributed by atoms with E-state index in [2.05, 4.69) is 21.1 Å². The lowest BCUT2D eigenvalue weighted by Crippen LogP contribution is -2.15. The predicted octanol–water partition coefficient (Wildman–Crippen LogP) is 3.17. The van der Waals surface area contributed by atoms with Gasteiger partial charge in [-0.2, -0.15) is 10.4 Å². The molecule has 6 nitrogen and oxygen atoms in total. The van der Waals surface area contributed by atoms with Crippen molar-refractivity contribution in [3.05, 3.63) is 53.1 Å². The number of hydrazone groups is 1. The molecule has 3 rings (SSSR count). The van der Waals surface area contributed by atoms with Gasteiger partial charge in [0.15, 0.2) is 11.7 Å². The van der Waals surface area contributed by atoms with Gasteiger partial charge in [-0.1, -0.05) is 0 Å². The van der Waals surface area contributed by atoms with E-state index in [0.717, 1.165) is 30.1 Å². The lowest BCUT2D eigenvalue weighted by Gasteiger charge is -2.14. The molecular weight excluding hydrogens is 314 g/mol. The van der Waals surface area contributed by atoms with E-state index in [1.165, 1.54) is 0 Å². The first kappa shape index (κ1) is 16.8. The lowest BCUT2D eigenvalue weighted by molar-refractivity contribution is 0.0977. The quantitative estimate of drug-likeness (QED) is 0.803. The van der Waals surface area contributed by atoms with Crippen molar-refractivity contribution < 1.29 is 4.79 Å². The molecule has 1 atom stereocenters. The third-order valence-electron chi connectivity index (χ3n) is 4.10. The molecule has 25 heavy (non-hydrogen) atoms. The Kier molecular flexibility index (Phi) is 4.57. The SMILES string of the molecule is CC1=NN(c2ccc(C(=O)C(C#N)c3cc(C)nc(C)n3)cc2)CC1. The van der Waals surface area contributed by atoms with Gasteiger partial charge in [-0.25, -0.2) is 9.97 Å². The average molecular weight is 333 g/mol. The summed E-state index contributed by atoms with van der Waals surface area (Å²) in [5, 5.41) is 15.9. The zero-order chi connectivity index (χ0) is 18.0. The fourth-order valence-corrected chi connectivity index (χ4v) is 2.88. The molecule has 0 radical (unpaired) electrons. The first-order valence-corrected chi connectivity index (χ1v) is 8.15. The van der Waals surface area contributed by atoms with Crippen LogP contribution in [0.2, 0.25) is 0 Å². The predicted molar refractivity (Wildman–Crippen MR) is 95.7 cm³/mol. The summed E-state index contributed by atoms with van der Waals surface area (Å²) in [6, 6.07) is 11.0. The monoisotopic (exact) mass is 333 g/mol. The maximum absolute atomic E-state index is 12.8. The van der Waals surface area contributed by atoms with Gasteiger partial charge >= 0.3 is 0 Å². The summed E-state index contributed by atoms with van der Waals surface area (Å²) < 4.78 is 0. The normalized spacial score (nSPS) is 14.8. The topological polar surface area (TPSA) is 82.2 Å². The van der Waals surface area contributed by atoms with Gasteiger partial charge in [0.25, 0.3) is 0 Å². The molecule has 2 aromatic rings. The third-order valence-corrected chi connectivity index (χ3v) is 4.10. The minimum Gasteiger partial charge on any atom is -0.292 e. The minimum absolute atomic E-state index is 0.257. The number of Topliss-reactive ketones (excluding diaryl/α,β-unsaturated/α-hetero) is 1. The zero-order valence-corrected chi connectivity index (χ0v) is 14.5. The summed E-state index contributed by atoms with van der Waals surface area (Å²) in [6.07, 6.45) is 0.948. The molecule has 2 heterocycles. The molecule has 0 saturated carbocycles. The van der Waals surface area contributed by atoms with Crippen LogP contribution in [-0.4, -0.2) is 28.0 Å². The van der Waals surface area contributed by atoms with E-state index < -0.39 is 5.92 Å². The Hall–Kier alpha value is -3.07. The second kappa shape index (κ2) is 6.81. The maximum Gasteiger partial charge on any atom is 0.186 e. The number of hydrogen-bond donors (Lipinski definition) is 0. The summed E-state index contributed by atoms with van der Waals surface area (Å²) >= 11 is 0. The number of nitriles is 1. The van der Waals surface area contributed by atoms with Crippen molar-refractivity contribution in [2.75, 3.05) is 11.6 Å². The fourth-order valence-electron chi connectivity index (χ4n) is 2.88. The van der Waals surface area contributed by atoms with Gasteiger partial charge in [0.2, 0.25) is 0 Å². The summed E-state index contributed by atoms with van der Waals surface area (Å²) in [6.45, 7) is 6.42. The Balaban J connectivity index is 1.85. The fraction of sp³-hybridized carbons (Fsp3) is 0.316. The van der Waals surface area contributed by atoms with Crippen molar-refractivity contribution in [1.82, 2.24) is 9.97 Å². The number of aromatic nitrogens is 2. The molecule has 0 fully saturated rings. The molecule has 0 N–H and O–H groups in total. The molecule has 1 unspecified atom stereocenters. The van der Waals surface area contributed by atoms with Crippen LogP contribution in [0.1, 0.15) is 46.8 Å². The number of carbonyl (C=O) groups excluding carboxylic acids is 1. The molecule has 0 amide bonds. The van der Waals surface area contributed by atoms with Crippen LogP contribution in [0.5, 0.6) is 0 Å². The van der Waals surface area contributed by atoms with Crippen molar-refractivity contribution in [1.29, 1.82) is 5.26 Å². The molecule has 6 heteroatoms. The molecular formula is C19H19N5O. The molecule has 1 aromatic heterocycles.